The van der Waals surface area contributed by atoms with Crippen LogP contribution < -0.4 is 5.32 Å². The van der Waals surface area contributed by atoms with Gasteiger partial charge in [-0.25, -0.2) is 0 Å². The van der Waals surface area contributed by atoms with Gasteiger partial charge in [-0.2, -0.15) is 0 Å². The molecule has 1 N–H and O–H groups in total. The third-order valence-electron chi connectivity index (χ3n) is 3.17. The van der Waals surface area contributed by atoms with Gasteiger partial charge in [-0.1, -0.05) is 13.3 Å². The van der Waals surface area contributed by atoms with Crippen LogP contribution in [0.15, 0.2) is 0 Å². The number of unbranched alkanes of at least 4 members (excludes halogenated alkanes) is 1. The molecule has 0 saturated carbocycles. The van der Waals surface area contributed by atoms with Gasteiger partial charge in [0.2, 0.25) is 11.8 Å². The van der Waals surface area contributed by atoms with E-state index in [2.05, 4.69) is 12.2 Å². The zero-order valence-electron chi connectivity index (χ0n) is 10.9. The van der Waals surface area contributed by atoms with E-state index in [1.54, 1.807) is 32.6 Å². The molecular weight excluding hydrogens is 204 g/mol. The van der Waals surface area contributed by atoms with E-state index in [0.717, 1.165) is 12.8 Å². The molecule has 1 fully saturated rings. The number of carbonyl (C=O) groups is 2. The van der Waals surface area contributed by atoms with Gasteiger partial charge >= 0.3 is 0 Å². The molecule has 0 radical (unpaired) electrons. The molecule has 16 heavy (non-hydrogen) atoms. The van der Waals surface area contributed by atoms with Crippen molar-refractivity contribution in [2.45, 2.75) is 58.5 Å². The van der Waals surface area contributed by atoms with Gasteiger partial charge in [0, 0.05) is 6.54 Å². The average molecular weight is 226 g/mol. The van der Waals surface area contributed by atoms with Crippen molar-refractivity contribution >= 4 is 11.8 Å². The summed E-state index contributed by atoms with van der Waals surface area (Å²) in [5.74, 6) is -0.0706. The Morgan fingerprint density at radius 1 is 1.19 bits per heavy atom. The third kappa shape index (κ3) is 2.06. The van der Waals surface area contributed by atoms with Gasteiger partial charge in [0.15, 0.2) is 0 Å². The second-order valence-corrected chi connectivity index (χ2v) is 5.45. The summed E-state index contributed by atoms with van der Waals surface area (Å²) in [6, 6.07) is 0. The molecule has 92 valence electrons. The lowest BCUT2D eigenvalue weighted by Crippen LogP contribution is -2.72. The van der Waals surface area contributed by atoms with Crippen LogP contribution in [0.2, 0.25) is 0 Å². The molecule has 1 aliphatic heterocycles. The van der Waals surface area contributed by atoms with Crippen molar-refractivity contribution in [3.63, 3.8) is 0 Å². The molecule has 4 nitrogen and oxygen atoms in total. The number of carbonyl (C=O) groups excluding carboxylic acids is 2. The van der Waals surface area contributed by atoms with E-state index < -0.39 is 11.1 Å². The molecule has 0 aromatic rings. The Morgan fingerprint density at radius 2 is 1.75 bits per heavy atom. The summed E-state index contributed by atoms with van der Waals surface area (Å²) in [5.41, 5.74) is -1.51. The monoisotopic (exact) mass is 226 g/mol. The van der Waals surface area contributed by atoms with Crippen LogP contribution in [-0.2, 0) is 9.59 Å². The Morgan fingerprint density at radius 3 is 2.25 bits per heavy atom. The second-order valence-electron chi connectivity index (χ2n) is 5.45. The minimum Gasteiger partial charge on any atom is -0.340 e. The number of nitrogens with one attached hydrogen (secondary N) is 1. The molecule has 1 rings (SSSR count). The number of nitrogens with zero attached hydrogens (tertiary/aromatic N) is 1. The molecule has 0 aromatic heterocycles. The minimum absolute atomic E-state index is 0.00514. The van der Waals surface area contributed by atoms with E-state index in [4.69, 9.17) is 0 Å². The van der Waals surface area contributed by atoms with Crippen molar-refractivity contribution < 1.29 is 9.59 Å². The standard InChI is InChI=1S/C12H22N2O2/c1-6-7-8-14-10(16)11(2,3)13-9(15)12(14,4)5/h6-8H2,1-5H3,(H,13,15). The molecule has 0 aromatic carbocycles. The van der Waals surface area contributed by atoms with E-state index in [1.165, 1.54) is 0 Å². The van der Waals surface area contributed by atoms with Crippen LogP contribution in [0.3, 0.4) is 0 Å². The van der Waals surface area contributed by atoms with Gasteiger partial charge in [-0.05, 0) is 34.1 Å². The molecule has 2 amide bonds. The highest BCUT2D eigenvalue weighted by molar-refractivity contribution is 6.01. The fraction of sp³-hybridized carbons (Fsp3) is 0.833. The summed E-state index contributed by atoms with van der Waals surface area (Å²) in [4.78, 5) is 25.9. The quantitative estimate of drug-likeness (QED) is 0.788. The molecule has 0 unspecified atom stereocenters. The van der Waals surface area contributed by atoms with E-state index in [0.29, 0.717) is 6.54 Å². The predicted molar refractivity (Wildman–Crippen MR) is 62.9 cm³/mol. The third-order valence-corrected chi connectivity index (χ3v) is 3.17. The first-order chi connectivity index (χ1) is 7.23. The summed E-state index contributed by atoms with van der Waals surface area (Å²) in [6.07, 6.45) is 1.94. The summed E-state index contributed by atoms with van der Waals surface area (Å²) in [7, 11) is 0. The highest BCUT2D eigenvalue weighted by Gasteiger charge is 2.49. The van der Waals surface area contributed by atoms with Gasteiger partial charge in [-0.3, -0.25) is 9.59 Å². The lowest BCUT2D eigenvalue weighted by atomic mass is 9.89. The lowest BCUT2D eigenvalue weighted by Gasteiger charge is -2.47. The van der Waals surface area contributed by atoms with E-state index in [1.807, 2.05) is 0 Å². The molecular formula is C12H22N2O2. The van der Waals surface area contributed by atoms with Gasteiger partial charge in [-0.15, -0.1) is 0 Å². The maximum absolute atomic E-state index is 12.2. The van der Waals surface area contributed by atoms with E-state index in [9.17, 15) is 9.59 Å². The summed E-state index contributed by atoms with van der Waals surface area (Å²) < 4.78 is 0. The lowest BCUT2D eigenvalue weighted by molar-refractivity contribution is -0.159. The smallest absolute Gasteiger partial charge is 0.248 e. The van der Waals surface area contributed by atoms with Crippen molar-refractivity contribution in [1.82, 2.24) is 10.2 Å². The van der Waals surface area contributed by atoms with E-state index in [-0.39, 0.29) is 11.8 Å². The van der Waals surface area contributed by atoms with Gasteiger partial charge in [0.1, 0.15) is 11.1 Å². The van der Waals surface area contributed by atoms with E-state index >= 15 is 0 Å². The minimum atomic E-state index is -0.777. The Bertz CT molecular complexity index is 308. The molecule has 0 bridgehead atoms. The molecule has 1 heterocycles. The first-order valence-electron chi connectivity index (χ1n) is 5.88. The van der Waals surface area contributed by atoms with Gasteiger partial charge < -0.3 is 10.2 Å². The maximum atomic E-state index is 12.2. The predicted octanol–water partition coefficient (Wildman–Crippen LogP) is 1.30. The van der Waals surface area contributed by atoms with Crippen LogP contribution in [-0.4, -0.2) is 34.3 Å². The summed E-state index contributed by atoms with van der Waals surface area (Å²) >= 11 is 0. The molecule has 0 aliphatic carbocycles. The van der Waals surface area contributed by atoms with Crippen molar-refractivity contribution in [2.24, 2.45) is 0 Å². The number of rotatable bonds is 3. The van der Waals surface area contributed by atoms with Crippen molar-refractivity contribution in [1.29, 1.82) is 0 Å². The Balaban J connectivity index is 2.97. The Hall–Kier alpha value is -1.06. The number of piperazine rings is 1. The van der Waals surface area contributed by atoms with Gasteiger partial charge in [0.05, 0.1) is 0 Å². The first kappa shape index (κ1) is 13.0. The molecule has 0 atom stereocenters. The SMILES string of the molecule is CCCCN1C(=O)C(C)(C)NC(=O)C1(C)C. The molecule has 1 saturated heterocycles. The Labute approximate surface area is 97.4 Å². The van der Waals surface area contributed by atoms with Crippen LogP contribution in [0.5, 0.6) is 0 Å². The maximum Gasteiger partial charge on any atom is 0.248 e. The summed E-state index contributed by atoms with van der Waals surface area (Å²) in [5, 5.41) is 2.77. The highest BCUT2D eigenvalue weighted by Crippen LogP contribution is 2.26. The van der Waals surface area contributed by atoms with Crippen LogP contribution >= 0.6 is 0 Å². The highest BCUT2D eigenvalue weighted by atomic mass is 16.2. The van der Waals surface area contributed by atoms with Crippen LogP contribution in [0, 0.1) is 0 Å². The molecule has 0 spiro atoms. The van der Waals surface area contributed by atoms with Crippen molar-refractivity contribution in [2.75, 3.05) is 6.54 Å². The Kier molecular flexibility index (Phi) is 3.31. The number of hydrogen-bond donors (Lipinski definition) is 1. The summed E-state index contributed by atoms with van der Waals surface area (Å²) in [6.45, 7) is 9.82. The fourth-order valence-corrected chi connectivity index (χ4v) is 1.90. The van der Waals surface area contributed by atoms with Crippen molar-refractivity contribution in [3.05, 3.63) is 0 Å². The zero-order valence-corrected chi connectivity index (χ0v) is 10.9. The largest absolute Gasteiger partial charge is 0.340 e. The molecule has 1 aliphatic rings. The van der Waals surface area contributed by atoms with Gasteiger partial charge in [0.25, 0.3) is 0 Å². The fourth-order valence-electron chi connectivity index (χ4n) is 1.90. The van der Waals surface area contributed by atoms with Crippen LogP contribution in [0.1, 0.15) is 47.5 Å². The normalized spacial score (nSPS) is 23.2. The number of amides is 2. The first-order valence-corrected chi connectivity index (χ1v) is 5.88. The van der Waals surface area contributed by atoms with Crippen LogP contribution in [0.25, 0.3) is 0 Å². The topological polar surface area (TPSA) is 49.4 Å². The zero-order chi connectivity index (χ0) is 12.6. The van der Waals surface area contributed by atoms with Crippen molar-refractivity contribution in [3.8, 4) is 0 Å². The number of hydrogen-bond acceptors (Lipinski definition) is 2. The second kappa shape index (κ2) is 4.07. The van der Waals surface area contributed by atoms with Crippen LogP contribution in [0.4, 0.5) is 0 Å². The molecule has 4 heteroatoms. The average Bonchev–Trinajstić information content (AvgIpc) is 2.15.